The Morgan fingerprint density at radius 2 is 2.06 bits per heavy atom. The van der Waals surface area contributed by atoms with Crippen LogP contribution in [-0.4, -0.2) is 23.8 Å². The number of aromatic hydroxyl groups is 1. The van der Waals surface area contributed by atoms with Crippen LogP contribution in [0.5, 0.6) is 11.5 Å². The predicted molar refractivity (Wildman–Crippen MR) is 66.9 cm³/mol. The largest absolute Gasteiger partial charge is 0.503 e. The van der Waals surface area contributed by atoms with Crippen molar-refractivity contribution < 1.29 is 9.84 Å². The first-order valence-corrected chi connectivity index (χ1v) is 6.27. The van der Waals surface area contributed by atoms with Gasteiger partial charge in [-0.2, -0.15) is 0 Å². The van der Waals surface area contributed by atoms with Crippen LogP contribution in [0.25, 0.3) is 0 Å². The SMILES string of the molecule is CC1(Oc2cccc(Br)c2O)CCNCC1. The van der Waals surface area contributed by atoms with Crippen LogP contribution in [0.15, 0.2) is 22.7 Å². The number of halogens is 1. The van der Waals surface area contributed by atoms with Gasteiger partial charge in [0.15, 0.2) is 11.5 Å². The van der Waals surface area contributed by atoms with Crippen LogP contribution >= 0.6 is 15.9 Å². The molecule has 1 aliphatic heterocycles. The average molecular weight is 286 g/mol. The summed E-state index contributed by atoms with van der Waals surface area (Å²) in [6, 6.07) is 5.46. The van der Waals surface area contributed by atoms with Crippen LogP contribution < -0.4 is 10.1 Å². The number of phenolic OH excluding ortho intramolecular Hbond substituents is 1. The van der Waals surface area contributed by atoms with Crippen molar-refractivity contribution in [3.8, 4) is 11.5 Å². The van der Waals surface area contributed by atoms with E-state index in [9.17, 15) is 5.11 Å². The molecule has 0 amide bonds. The number of para-hydroxylation sites is 1. The van der Waals surface area contributed by atoms with Gasteiger partial charge in [0.05, 0.1) is 4.47 Å². The Morgan fingerprint density at radius 1 is 1.38 bits per heavy atom. The van der Waals surface area contributed by atoms with E-state index in [2.05, 4.69) is 28.2 Å². The second-order valence-corrected chi connectivity index (χ2v) is 5.24. The summed E-state index contributed by atoms with van der Waals surface area (Å²) in [6.45, 7) is 4.02. The average Bonchev–Trinajstić information content (AvgIpc) is 2.26. The van der Waals surface area contributed by atoms with Gasteiger partial charge in [-0.15, -0.1) is 0 Å². The number of benzene rings is 1. The molecule has 1 saturated heterocycles. The molecular formula is C12H16BrNO2. The van der Waals surface area contributed by atoms with Gasteiger partial charge < -0.3 is 15.2 Å². The van der Waals surface area contributed by atoms with Gasteiger partial charge >= 0.3 is 0 Å². The van der Waals surface area contributed by atoms with Gasteiger partial charge in [0.2, 0.25) is 0 Å². The molecule has 16 heavy (non-hydrogen) atoms. The van der Waals surface area contributed by atoms with Gasteiger partial charge in [0, 0.05) is 0 Å². The molecule has 0 bridgehead atoms. The lowest BCUT2D eigenvalue weighted by molar-refractivity contribution is 0.0526. The Balaban J connectivity index is 2.16. The van der Waals surface area contributed by atoms with E-state index in [1.807, 2.05) is 6.07 Å². The van der Waals surface area contributed by atoms with Gasteiger partial charge in [-0.05, 0) is 60.9 Å². The summed E-state index contributed by atoms with van der Waals surface area (Å²) in [7, 11) is 0. The molecule has 2 N–H and O–H groups in total. The van der Waals surface area contributed by atoms with Crippen molar-refractivity contribution in [2.24, 2.45) is 0 Å². The number of hydrogen-bond acceptors (Lipinski definition) is 3. The van der Waals surface area contributed by atoms with Gasteiger partial charge in [-0.3, -0.25) is 0 Å². The number of rotatable bonds is 2. The van der Waals surface area contributed by atoms with Crippen molar-refractivity contribution >= 4 is 15.9 Å². The van der Waals surface area contributed by atoms with Crippen LogP contribution in [0, 0.1) is 0 Å². The second-order valence-electron chi connectivity index (χ2n) is 4.39. The minimum Gasteiger partial charge on any atom is -0.503 e. The third-order valence-corrected chi connectivity index (χ3v) is 3.61. The predicted octanol–water partition coefficient (Wildman–Crippen LogP) is 2.68. The minimum absolute atomic E-state index is 0.177. The molecule has 0 aromatic heterocycles. The molecule has 0 spiro atoms. The number of piperidine rings is 1. The quantitative estimate of drug-likeness (QED) is 0.878. The van der Waals surface area contributed by atoms with E-state index in [0.29, 0.717) is 10.2 Å². The monoisotopic (exact) mass is 285 g/mol. The maximum Gasteiger partial charge on any atom is 0.172 e. The van der Waals surface area contributed by atoms with Crippen molar-refractivity contribution in [3.63, 3.8) is 0 Å². The fourth-order valence-corrected chi connectivity index (χ4v) is 2.25. The van der Waals surface area contributed by atoms with Crippen LogP contribution in [0.1, 0.15) is 19.8 Å². The molecular weight excluding hydrogens is 270 g/mol. The van der Waals surface area contributed by atoms with E-state index in [0.717, 1.165) is 25.9 Å². The lowest BCUT2D eigenvalue weighted by Crippen LogP contribution is -2.43. The summed E-state index contributed by atoms with van der Waals surface area (Å²) in [5.41, 5.74) is -0.177. The van der Waals surface area contributed by atoms with Gasteiger partial charge in [-0.1, -0.05) is 6.07 Å². The fourth-order valence-electron chi connectivity index (χ4n) is 1.90. The topological polar surface area (TPSA) is 41.5 Å². The number of nitrogens with one attached hydrogen (secondary N) is 1. The van der Waals surface area contributed by atoms with E-state index < -0.39 is 0 Å². The Kier molecular flexibility index (Phi) is 3.40. The molecule has 0 saturated carbocycles. The number of ether oxygens (including phenoxy) is 1. The zero-order valence-electron chi connectivity index (χ0n) is 9.29. The zero-order chi connectivity index (χ0) is 11.6. The summed E-state index contributed by atoms with van der Waals surface area (Å²) in [5.74, 6) is 0.737. The van der Waals surface area contributed by atoms with Crippen LogP contribution in [0.4, 0.5) is 0 Å². The molecule has 1 fully saturated rings. The molecule has 4 heteroatoms. The molecule has 1 heterocycles. The first-order chi connectivity index (χ1) is 7.61. The summed E-state index contributed by atoms with van der Waals surface area (Å²) in [4.78, 5) is 0. The second kappa shape index (κ2) is 4.63. The molecule has 0 radical (unpaired) electrons. The third-order valence-electron chi connectivity index (χ3n) is 2.97. The van der Waals surface area contributed by atoms with Crippen molar-refractivity contribution in [1.29, 1.82) is 0 Å². The van der Waals surface area contributed by atoms with Crippen molar-refractivity contribution in [2.75, 3.05) is 13.1 Å². The van der Waals surface area contributed by atoms with E-state index in [1.54, 1.807) is 12.1 Å². The summed E-state index contributed by atoms with van der Waals surface area (Å²) < 4.78 is 6.60. The maximum absolute atomic E-state index is 9.86. The molecule has 0 atom stereocenters. The van der Waals surface area contributed by atoms with Gasteiger partial charge in [-0.25, -0.2) is 0 Å². The van der Waals surface area contributed by atoms with E-state index in [4.69, 9.17) is 4.74 Å². The molecule has 1 aliphatic rings. The van der Waals surface area contributed by atoms with Crippen molar-refractivity contribution in [1.82, 2.24) is 5.32 Å². The maximum atomic E-state index is 9.86. The normalized spacial score (nSPS) is 19.4. The Bertz CT molecular complexity index is 375. The number of hydrogen-bond donors (Lipinski definition) is 2. The van der Waals surface area contributed by atoms with Crippen molar-refractivity contribution in [3.05, 3.63) is 22.7 Å². The smallest absolute Gasteiger partial charge is 0.172 e. The lowest BCUT2D eigenvalue weighted by Gasteiger charge is -2.34. The first kappa shape index (κ1) is 11.7. The standard InChI is InChI=1S/C12H16BrNO2/c1-12(5-7-14-8-6-12)16-10-4-2-3-9(13)11(10)15/h2-4,14-15H,5-8H2,1H3. The minimum atomic E-state index is -0.177. The summed E-state index contributed by atoms with van der Waals surface area (Å²) in [6.07, 6.45) is 1.91. The van der Waals surface area contributed by atoms with Crippen molar-refractivity contribution in [2.45, 2.75) is 25.4 Å². The molecule has 1 aromatic rings. The highest BCUT2D eigenvalue weighted by atomic mass is 79.9. The Hall–Kier alpha value is -0.740. The molecule has 2 rings (SSSR count). The van der Waals surface area contributed by atoms with Crippen LogP contribution in [0.3, 0.4) is 0 Å². The highest BCUT2D eigenvalue weighted by Gasteiger charge is 2.29. The van der Waals surface area contributed by atoms with Crippen LogP contribution in [-0.2, 0) is 0 Å². The highest BCUT2D eigenvalue weighted by Crippen LogP contribution is 2.37. The van der Waals surface area contributed by atoms with Gasteiger partial charge in [0.1, 0.15) is 5.60 Å². The molecule has 88 valence electrons. The summed E-state index contributed by atoms with van der Waals surface area (Å²) in [5, 5.41) is 13.2. The first-order valence-electron chi connectivity index (χ1n) is 5.48. The molecule has 0 unspecified atom stereocenters. The zero-order valence-corrected chi connectivity index (χ0v) is 10.9. The van der Waals surface area contributed by atoms with E-state index in [-0.39, 0.29) is 11.4 Å². The number of phenols is 1. The van der Waals surface area contributed by atoms with Gasteiger partial charge in [0.25, 0.3) is 0 Å². The lowest BCUT2D eigenvalue weighted by atomic mass is 9.94. The molecule has 0 aliphatic carbocycles. The summed E-state index contributed by atoms with van der Waals surface area (Å²) >= 11 is 3.29. The highest BCUT2D eigenvalue weighted by molar-refractivity contribution is 9.10. The van der Waals surface area contributed by atoms with E-state index >= 15 is 0 Å². The molecule has 1 aromatic carbocycles. The fraction of sp³-hybridized carbons (Fsp3) is 0.500. The van der Waals surface area contributed by atoms with E-state index in [1.165, 1.54) is 0 Å². The molecule has 3 nitrogen and oxygen atoms in total. The van der Waals surface area contributed by atoms with Crippen LogP contribution in [0.2, 0.25) is 0 Å². The Morgan fingerprint density at radius 3 is 2.75 bits per heavy atom. The Labute approximate surface area is 104 Å². The third kappa shape index (κ3) is 2.50.